The molecule has 0 aliphatic heterocycles. The second kappa shape index (κ2) is 12.0. The number of benzene rings is 2. The maximum Gasteiger partial charge on any atom is 0.253 e. The minimum absolute atomic E-state index is 0.0112. The SMILES string of the molecule is CC(C)c1cnc(Nc2ccc(C(=O)N(C)CCc3ccccc3)cc2)nc1C[C@@H]1CCC[C@@H]1C(N)=O. The largest absolute Gasteiger partial charge is 0.369 e. The Morgan fingerprint density at radius 1 is 1.08 bits per heavy atom. The molecule has 37 heavy (non-hydrogen) atoms. The maximum absolute atomic E-state index is 12.9. The van der Waals surface area contributed by atoms with Crippen molar-refractivity contribution in [1.29, 1.82) is 0 Å². The van der Waals surface area contributed by atoms with Gasteiger partial charge in [0.2, 0.25) is 11.9 Å². The van der Waals surface area contributed by atoms with Crippen LogP contribution in [0.4, 0.5) is 11.6 Å². The highest BCUT2D eigenvalue weighted by atomic mass is 16.2. The molecule has 1 aromatic heterocycles. The molecule has 1 aliphatic carbocycles. The van der Waals surface area contributed by atoms with E-state index in [0.717, 1.165) is 49.0 Å². The molecule has 0 saturated heterocycles. The number of nitrogens with one attached hydrogen (secondary N) is 1. The Morgan fingerprint density at radius 2 is 1.81 bits per heavy atom. The molecule has 0 spiro atoms. The number of primary amides is 1. The molecule has 4 rings (SSSR count). The normalized spacial score (nSPS) is 17.1. The van der Waals surface area contributed by atoms with E-state index in [9.17, 15) is 9.59 Å². The first-order valence-corrected chi connectivity index (χ1v) is 13.1. The number of carbonyl (C=O) groups is 2. The first-order valence-electron chi connectivity index (χ1n) is 13.1. The van der Waals surface area contributed by atoms with Gasteiger partial charge in [0, 0.05) is 42.7 Å². The van der Waals surface area contributed by atoms with Crippen LogP contribution >= 0.6 is 0 Å². The molecule has 1 heterocycles. The molecule has 2 atom stereocenters. The van der Waals surface area contributed by atoms with Crippen LogP contribution in [0.15, 0.2) is 60.8 Å². The van der Waals surface area contributed by atoms with E-state index in [1.54, 1.807) is 4.90 Å². The number of nitrogens with zero attached hydrogens (tertiary/aromatic N) is 3. The Bertz CT molecular complexity index is 1210. The minimum atomic E-state index is -0.207. The maximum atomic E-state index is 12.9. The van der Waals surface area contributed by atoms with Crippen molar-refractivity contribution in [3.8, 4) is 0 Å². The lowest BCUT2D eigenvalue weighted by Gasteiger charge is -2.20. The van der Waals surface area contributed by atoms with Gasteiger partial charge in [-0.3, -0.25) is 9.59 Å². The van der Waals surface area contributed by atoms with Gasteiger partial charge in [-0.1, -0.05) is 50.6 Å². The van der Waals surface area contributed by atoms with E-state index in [2.05, 4.69) is 36.3 Å². The number of hydrogen-bond acceptors (Lipinski definition) is 5. The third-order valence-electron chi connectivity index (χ3n) is 7.32. The van der Waals surface area contributed by atoms with E-state index in [1.165, 1.54) is 5.56 Å². The van der Waals surface area contributed by atoms with Gasteiger partial charge in [0.15, 0.2) is 0 Å². The fourth-order valence-corrected chi connectivity index (χ4v) is 5.13. The van der Waals surface area contributed by atoms with Crippen molar-refractivity contribution in [3.05, 3.63) is 83.2 Å². The monoisotopic (exact) mass is 499 g/mol. The van der Waals surface area contributed by atoms with Crippen molar-refractivity contribution in [3.63, 3.8) is 0 Å². The third-order valence-corrected chi connectivity index (χ3v) is 7.32. The summed E-state index contributed by atoms with van der Waals surface area (Å²) in [5, 5.41) is 3.27. The topological polar surface area (TPSA) is 101 Å². The highest BCUT2D eigenvalue weighted by Crippen LogP contribution is 2.35. The molecule has 3 aromatic rings. The van der Waals surface area contributed by atoms with Crippen molar-refractivity contribution in [1.82, 2.24) is 14.9 Å². The van der Waals surface area contributed by atoms with Gasteiger partial charge in [-0.15, -0.1) is 0 Å². The van der Waals surface area contributed by atoms with Gasteiger partial charge in [0.25, 0.3) is 5.91 Å². The van der Waals surface area contributed by atoms with E-state index >= 15 is 0 Å². The summed E-state index contributed by atoms with van der Waals surface area (Å²) < 4.78 is 0. The van der Waals surface area contributed by atoms with Gasteiger partial charge < -0.3 is 16.0 Å². The number of likely N-dealkylation sites (N-methyl/N-ethyl adjacent to an activating group) is 1. The summed E-state index contributed by atoms with van der Waals surface area (Å²) in [5.74, 6) is 0.710. The third kappa shape index (κ3) is 6.73. The Balaban J connectivity index is 1.42. The smallest absolute Gasteiger partial charge is 0.253 e. The van der Waals surface area contributed by atoms with Gasteiger partial charge in [-0.25, -0.2) is 9.97 Å². The highest BCUT2D eigenvalue weighted by Gasteiger charge is 2.32. The number of amides is 2. The van der Waals surface area contributed by atoms with Crippen LogP contribution in [0.5, 0.6) is 0 Å². The second-order valence-electron chi connectivity index (χ2n) is 10.3. The molecular weight excluding hydrogens is 462 g/mol. The second-order valence-corrected chi connectivity index (χ2v) is 10.3. The zero-order chi connectivity index (χ0) is 26.4. The molecule has 0 unspecified atom stereocenters. The predicted octanol–water partition coefficient (Wildman–Crippen LogP) is 5.10. The number of aromatic nitrogens is 2. The number of rotatable bonds is 10. The molecule has 7 heteroatoms. The van der Waals surface area contributed by atoms with E-state index in [0.29, 0.717) is 18.1 Å². The minimum Gasteiger partial charge on any atom is -0.369 e. The summed E-state index contributed by atoms with van der Waals surface area (Å²) >= 11 is 0. The molecule has 3 N–H and O–H groups in total. The molecule has 7 nitrogen and oxygen atoms in total. The lowest BCUT2D eigenvalue weighted by molar-refractivity contribution is -0.122. The highest BCUT2D eigenvalue weighted by molar-refractivity contribution is 5.94. The first kappa shape index (κ1) is 26.3. The van der Waals surface area contributed by atoms with E-state index < -0.39 is 0 Å². The molecule has 2 aromatic carbocycles. The van der Waals surface area contributed by atoms with Gasteiger partial charge >= 0.3 is 0 Å². The van der Waals surface area contributed by atoms with E-state index in [1.807, 2.05) is 55.7 Å². The quantitative estimate of drug-likeness (QED) is 0.404. The van der Waals surface area contributed by atoms with Crippen molar-refractivity contribution in [2.45, 2.75) is 51.9 Å². The Morgan fingerprint density at radius 3 is 2.49 bits per heavy atom. The lowest BCUT2D eigenvalue weighted by Crippen LogP contribution is -2.28. The van der Waals surface area contributed by atoms with Gasteiger partial charge in [-0.2, -0.15) is 0 Å². The van der Waals surface area contributed by atoms with E-state index in [4.69, 9.17) is 10.7 Å². The number of nitrogens with two attached hydrogens (primary N) is 1. The number of anilines is 2. The van der Waals surface area contributed by atoms with Gasteiger partial charge in [0.05, 0.1) is 0 Å². The van der Waals surface area contributed by atoms with Crippen molar-refractivity contribution < 1.29 is 9.59 Å². The summed E-state index contributed by atoms with van der Waals surface area (Å²) in [5.41, 5.74) is 10.4. The van der Waals surface area contributed by atoms with Crippen LogP contribution in [-0.2, 0) is 17.6 Å². The van der Waals surface area contributed by atoms with Crippen molar-refractivity contribution in [2.24, 2.45) is 17.6 Å². The molecule has 0 radical (unpaired) electrons. The first-order chi connectivity index (χ1) is 17.8. The fourth-order valence-electron chi connectivity index (χ4n) is 5.13. The molecule has 1 saturated carbocycles. The van der Waals surface area contributed by atoms with Crippen LogP contribution in [0.2, 0.25) is 0 Å². The fraction of sp³-hybridized carbons (Fsp3) is 0.400. The Labute approximate surface area is 219 Å². The van der Waals surface area contributed by atoms with Crippen LogP contribution in [0.1, 0.15) is 66.2 Å². The van der Waals surface area contributed by atoms with Crippen LogP contribution in [0, 0.1) is 11.8 Å². The summed E-state index contributed by atoms with van der Waals surface area (Å²) in [7, 11) is 1.83. The summed E-state index contributed by atoms with van der Waals surface area (Å²) in [6.07, 6.45) is 6.30. The average Bonchev–Trinajstić information content (AvgIpc) is 3.36. The Kier molecular flexibility index (Phi) is 8.54. The summed E-state index contributed by atoms with van der Waals surface area (Å²) in [4.78, 5) is 35.9. The molecule has 194 valence electrons. The van der Waals surface area contributed by atoms with Crippen LogP contribution < -0.4 is 11.1 Å². The lowest BCUT2D eigenvalue weighted by atomic mass is 9.88. The molecular formula is C30H37N5O2. The zero-order valence-electron chi connectivity index (χ0n) is 22.0. The van der Waals surface area contributed by atoms with Gasteiger partial charge in [0.1, 0.15) is 0 Å². The van der Waals surface area contributed by atoms with E-state index in [-0.39, 0.29) is 29.6 Å². The van der Waals surface area contributed by atoms with Crippen LogP contribution in [0.25, 0.3) is 0 Å². The zero-order valence-corrected chi connectivity index (χ0v) is 22.0. The summed E-state index contributed by atoms with van der Waals surface area (Å²) in [6.45, 7) is 4.91. The standard InChI is InChI=1S/C30H37N5O2/c1-20(2)26-19-32-30(34-27(26)18-23-10-7-11-25(23)28(31)36)33-24-14-12-22(13-15-24)29(37)35(3)17-16-21-8-5-4-6-9-21/h4-6,8-9,12-15,19-20,23,25H,7,10-11,16-18H2,1-3H3,(H2,31,36)(H,32,33,34)/t23-,25-/m0/s1. The summed E-state index contributed by atoms with van der Waals surface area (Å²) in [6, 6.07) is 17.6. The average molecular weight is 500 g/mol. The Hall–Kier alpha value is -3.74. The molecule has 2 amide bonds. The number of hydrogen-bond donors (Lipinski definition) is 2. The van der Waals surface area contributed by atoms with Crippen LogP contribution in [-0.4, -0.2) is 40.3 Å². The molecule has 1 aliphatic rings. The molecule has 1 fully saturated rings. The van der Waals surface area contributed by atoms with Gasteiger partial charge in [-0.05, 0) is 72.9 Å². The van der Waals surface area contributed by atoms with Crippen molar-refractivity contribution in [2.75, 3.05) is 18.9 Å². The predicted molar refractivity (Wildman–Crippen MR) is 147 cm³/mol. The molecule has 0 bridgehead atoms. The number of carbonyl (C=O) groups excluding carboxylic acids is 2. The van der Waals surface area contributed by atoms with Crippen molar-refractivity contribution >= 4 is 23.5 Å². The van der Waals surface area contributed by atoms with Crippen LogP contribution in [0.3, 0.4) is 0 Å².